The van der Waals surface area contributed by atoms with Gasteiger partial charge >= 0.3 is 6.03 Å². The third kappa shape index (κ3) is 3.89. The van der Waals surface area contributed by atoms with Crippen molar-refractivity contribution in [3.63, 3.8) is 0 Å². The van der Waals surface area contributed by atoms with Gasteiger partial charge in [0.2, 0.25) is 5.91 Å². The average Bonchev–Trinajstić information content (AvgIpc) is 3.44. The van der Waals surface area contributed by atoms with Gasteiger partial charge in [-0.1, -0.05) is 30.3 Å². The van der Waals surface area contributed by atoms with E-state index in [1.54, 1.807) is 19.0 Å². The number of likely N-dealkylation sites (tertiary alicyclic amines) is 1. The number of urea groups is 1. The molecular formula is C19H27N3O2. The molecule has 5 heteroatoms. The summed E-state index contributed by atoms with van der Waals surface area (Å²) in [7, 11) is 3.53. The van der Waals surface area contributed by atoms with E-state index in [4.69, 9.17) is 0 Å². The minimum atomic E-state index is 0.0150. The monoisotopic (exact) mass is 329 g/mol. The zero-order valence-electron chi connectivity index (χ0n) is 14.6. The highest BCUT2D eigenvalue weighted by molar-refractivity contribution is 5.80. The molecule has 0 bridgehead atoms. The summed E-state index contributed by atoms with van der Waals surface area (Å²) >= 11 is 0. The first kappa shape index (κ1) is 16.8. The molecule has 130 valence electrons. The van der Waals surface area contributed by atoms with Crippen LogP contribution >= 0.6 is 0 Å². The van der Waals surface area contributed by atoms with Crippen molar-refractivity contribution < 1.29 is 9.59 Å². The Kier molecular flexibility index (Phi) is 5.07. The molecule has 0 radical (unpaired) electrons. The van der Waals surface area contributed by atoms with E-state index in [9.17, 15) is 9.59 Å². The number of hydrogen-bond acceptors (Lipinski definition) is 2. The van der Waals surface area contributed by atoms with Gasteiger partial charge in [-0.2, -0.15) is 0 Å². The van der Waals surface area contributed by atoms with Crippen LogP contribution < -0.4 is 5.32 Å². The molecule has 1 aliphatic carbocycles. The second-order valence-electron chi connectivity index (χ2n) is 7.17. The van der Waals surface area contributed by atoms with Gasteiger partial charge in [0.15, 0.2) is 0 Å². The highest BCUT2D eigenvalue weighted by Gasteiger charge is 2.35. The van der Waals surface area contributed by atoms with Gasteiger partial charge in [-0.05, 0) is 37.2 Å². The van der Waals surface area contributed by atoms with E-state index in [0.717, 1.165) is 12.8 Å². The van der Waals surface area contributed by atoms with Crippen LogP contribution in [0.1, 0.15) is 37.3 Å². The fraction of sp³-hybridized carbons (Fsp3) is 0.579. The number of rotatable bonds is 4. The molecule has 3 amide bonds. The van der Waals surface area contributed by atoms with Gasteiger partial charge in [-0.25, -0.2) is 4.79 Å². The lowest BCUT2D eigenvalue weighted by Crippen LogP contribution is -2.47. The van der Waals surface area contributed by atoms with Crippen LogP contribution in [0.2, 0.25) is 0 Å². The van der Waals surface area contributed by atoms with Crippen LogP contribution in [-0.4, -0.2) is 48.9 Å². The lowest BCUT2D eigenvalue weighted by molar-refractivity contribution is -0.127. The van der Waals surface area contributed by atoms with Crippen molar-refractivity contribution in [3.05, 3.63) is 35.9 Å². The summed E-state index contributed by atoms with van der Waals surface area (Å²) in [5.41, 5.74) is 1.20. The molecule has 1 N–H and O–H groups in total. The SMILES string of the molecule is CN(C)C(=O)N1CCC(C(=O)N[C@@H](c2ccccc2)C2CC2)CC1. The number of hydrogen-bond donors (Lipinski definition) is 1. The maximum Gasteiger partial charge on any atom is 0.319 e. The maximum absolute atomic E-state index is 12.7. The molecule has 1 aromatic carbocycles. The van der Waals surface area contributed by atoms with E-state index in [2.05, 4.69) is 17.4 Å². The fourth-order valence-corrected chi connectivity index (χ4v) is 3.45. The van der Waals surface area contributed by atoms with Gasteiger partial charge in [0.25, 0.3) is 0 Å². The maximum atomic E-state index is 12.7. The zero-order valence-corrected chi connectivity index (χ0v) is 14.6. The highest BCUT2D eigenvalue weighted by Crippen LogP contribution is 2.41. The van der Waals surface area contributed by atoms with Crippen molar-refractivity contribution in [1.29, 1.82) is 0 Å². The number of carbonyl (C=O) groups excluding carboxylic acids is 2. The molecule has 0 aromatic heterocycles. The zero-order chi connectivity index (χ0) is 17.1. The van der Waals surface area contributed by atoms with Gasteiger partial charge < -0.3 is 15.1 Å². The highest BCUT2D eigenvalue weighted by atomic mass is 16.2. The standard InChI is InChI=1S/C19H27N3O2/c1-21(2)19(24)22-12-10-16(11-13-22)18(23)20-17(15-8-9-15)14-6-4-3-5-7-14/h3-7,15-17H,8-13H2,1-2H3,(H,20,23)/t17-/m0/s1. The molecule has 1 atom stereocenters. The van der Waals surface area contributed by atoms with Crippen LogP contribution in [0, 0.1) is 11.8 Å². The predicted molar refractivity (Wildman–Crippen MR) is 93.4 cm³/mol. The first-order valence-corrected chi connectivity index (χ1v) is 8.88. The number of carbonyl (C=O) groups is 2. The van der Waals surface area contributed by atoms with Gasteiger partial charge in [-0.15, -0.1) is 0 Å². The summed E-state index contributed by atoms with van der Waals surface area (Å²) in [6.45, 7) is 1.32. The molecule has 1 heterocycles. The van der Waals surface area contributed by atoms with Crippen LogP contribution in [-0.2, 0) is 4.79 Å². The molecule has 1 aromatic rings. The number of nitrogens with one attached hydrogen (secondary N) is 1. The molecule has 3 rings (SSSR count). The first-order chi connectivity index (χ1) is 11.6. The van der Waals surface area contributed by atoms with Crippen LogP contribution in [0.25, 0.3) is 0 Å². The Bertz CT molecular complexity index is 576. The van der Waals surface area contributed by atoms with Crippen molar-refractivity contribution in [1.82, 2.24) is 15.1 Å². The average molecular weight is 329 g/mol. The van der Waals surface area contributed by atoms with Crippen LogP contribution in [0.4, 0.5) is 4.79 Å². The molecule has 1 saturated carbocycles. The number of amides is 3. The van der Waals surface area contributed by atoms with E-state index >= 15 is 0 Å². The van der Waals surface area contributed by atoms with E-state index in [0.29, 0.717) is 19.0 Å². The third-order valence-electron chi connectivity index (χ3n) is 5.07. The number of piperidine rings is 1. The third-order valence-corrected chi connectivity index (χ3v) is 5.07. The van der Waals surface area contributed by atoms with E-state index in [-0.39, 0.29) is 23.9 Å². The molecule has 2 aliphatic rings. The summed E-state index contributed by atoms with van der Waals surface area (Å²) in [6.07, 6.45) is 3.88. The molecule has 0 spiro atoms. The lowest BCUT2D eigenvalue weighted by Gasteiger charge is -2.33. The minimum Gasteiger partial charge on any atom is -0.349 e. The van der Waals surface area contributed by atoms with Crippen molar-refractivity contribution in [2.75, 3.05) is 27.2 Å². The van der Waals surface area contributed by atoms with E-state index in [1.165, 1.54) is 18.4 Å². The molecule has 24 heavy (non-hydrogen) atoms. The summed E-state index contributed by atoms with van der Waals surface area (Å²) in [5.74, 6) is 0.737. The van der Waals surface area contributed by atoms with E-state index < -0.39 is 0 Å². The van der Waals surface area contributed by atoms with Crippen LogP contribution in [0.15, 0.2) is 30.3 Å². The summed E-state index contributed by atoms with van der Waals surface area (Å²) in [5, 5.41) is 3.28. The Balaban J connectivity index is 1.56. The van der Waals surface area contributed by atoms with Gasteiger partial charge in [0.1, 0.15) is 0 Å². The second kappa shape index (κ2) is 7.24. The first-order valence-electron chi connectivity index (χ1n) is 8.88. The largest absolute Gasteiger partial charge is 0.349 e. The van der Waals surface area contributed by atoms with Crippen molar-refractivity contribution in [2.45, 2.75) is 31.7 Å². The quantitative estimate of drug-likeness (QED) is 0.923. The van der Waals surface area contributed by atoms with Crippen LogP contribution in [0.3, 0.4) is 0 Å². The van der Waals surface area contributed by atoms with Gasteiger partial charge in [-0.3, -0.25) is 4.79 Å². The lowest BCUT2D eigenvalue weighted by atomic mass is 9.94. The Morgan fingerprint density at radius 3 is 2.25 bits per heavy atom. The predicted octanol–water partition coefficient (Wildman–Crippen LogP) is 2.65. The van der Waals surface area contributed by atoms with Crippen LogP contribution in [0.5, 0.6) is 0 Å². The molecule has 1 aliphatic heterocycles. The Morgan fingerprint density at radius 1 is 1.08 bits per heavy atom. The molecule has 2 fully saturated rings. The summed E-state index contributed by atoms with van der Waals surface area (Å²) < 4.78 is 0. The Morgan fingerprint density at radius 2 is 1.71 bits per heavy atom. The molecule has 0 unspecified atom stereocenters. The summed E-state index contributed by atoms with van der Waals surface area (Å²) in [4.78, 5) is 28.1. The summed E-state index contributed by atoms with van der Waals surface area (Å²) in [6, 6.07) is 10.4. The fourth-order valence-electron chi connectivity index (χ4n) is 3.45. The number of benzene rings is 1. The molecule has 1 saturated heterocycles. The van der Waals surface area contributed by atoms with E-state index in [1.807, 2.05) is 23.1 Å². The normalized spacial score (nSPS) is 19.7. The number of nitrogens with zero attached hydrogens (tertiary/aromatic N) is 2. The molecule has 5 nitrogen and oxygen atoms in total. The Labute approximate surface area is 144 Å². The van der Waals surface area contributed by atoms with Crippen molar-refractivity contribution >= 4 is 11.9 Å². The topological polar surface area (TPSA) is 52.7 Å². The van der Waals surface area contributed by atoms with Crippen molar-refractivity contribution in [2.24, 2.45) is 11.8 Å². The van der Waals surface area contributed by atoms with Gasteiger partial charge in [0, 0.05) is 33.1 Å². The van der Waals surface area contributed by atoms with Gasteiger partial charge in [0.05, 0.1) is 6.04 Å². The smallest absolute Gasteiger partial charge is 0.319 e. The Hall–Kier alpha value is -2.04. The minimum absolute atomic E-state index is 0.0150. The molecular weight excluding hydrogens is 302 g/mol. The van der Waals surface area contributed by atoms with Crippen molar-refractivity contribution in [3.8, 4) is 0 Å². The second-order valence-corrected chi connectivity index (χ2v) is 7.17.